The Morgan fingerprint density at radius 2 is 2.08 bits per heavy atom. The minimum Gasteiger partial charge on any atom is -0.354 e. The summed E-state index contributed by atoms with van der Waals surface area (Å²) in [5.41, 5.74) is 1.35. The molecule has 0 saturated carbocycles. The van der Waals surface area contributed by atoms with Crippen LogP contribution in [0, 0.1) is 0 Å². The lowest BCUT2D eigenvalue weighted by molar-refractivity contribution is 0.674. The SMILES string of the molecule is C=C1CCN(c2cccnn2)CC1. The van der Waals surface area contributed by atoms with Gasteiger partial charge in [0.2, 0.25) is 0 Å². The molecule has 2 heterocycles. The van der Waals surface area contributed by atoms with Gasteiger partial charge in [-0.05, 0) is 25.0 Å². The number of rotatable bonds is 1. The Hall–Kier alpha value is -1.38. The number of hydrogen-bond donors (Lipinski definition) is 0. The zero-order chi connectivity index (χ0) is 9.10. The third-order valence-electron chi connectivity index (χ3n) is 2.35. The second kappa shape index (κ2) is 3.56. The minimum absolute atomic E-state index is 0.981. The average molecular weight is 175 g/mol. The molecule has 13 heavy (non-hydrogen) atoms. The number of hydrogen-bond acceptors (Lipinski definition) is 3. The molecular formula is C10H13N3. The lowest BCUT2D eigenvalue weighted by atomic mass is 10.1. The summed E-state index contributed by atoms with van der Waals surface area (Å²) in [6.45, 7) is 6.03. The summed E-state index contributed by atoms with van der Waals surface area (Å²) in [7, 11) is 0. The molecule has 0 aliphatic carbocycles. The van der Waals surface area contributed by atoms with E-state index in [2.05, 4.69) is 21.7 Å². The zero-order valence-electron chi connectivity index (χ0n) is 7.61. The predicted molar refractivity (Wildman–Crippen MR) is 52.6 cm³/mol. The fourth-order valence-corrected chi connectivity index (χ4v) is 1.51. The molecule has 0 aromatic carbocycles. The highest BCUT2D eigenvalue weighted by Crippen LogP contribution is 2.18. The maximum atomic E-state index is 4.07. The standard InChI is InChI=1S/C10H13N3/c1-9-4-7-13(8-5-9)10-3-2-6-11-12-10/h2-3,6H,1,4-5,7-8H2. The maximum absolute atomic E-state index is 4.07. The van der Waals surface area contributed by atoms with Crippen LogP contribution in [0.25, 0.3) is 0 Å². The van der Waals surface area contributed by atoms with Gasteiger partial charge in [-0.1, -0.05) is 12.2 Å². The molecule has 2 rings (SSSR count). The van der Waals surface area contributed by atoms with Gasteiger partial charge in [0.25, 0.3) is 0 Å². The van der Waals surface area contributed by atoms with Crippen LogP contribution >= 0.6 is 0 Å². The summed E-state index contributed by atoms with van der Waals surface area (Å²) in [5.74, 6) is 0.981. The molecule has 1 aromatic heterocycles. The summed E-state index contributed by atoms with van der Waals surface area (Å²) in [5, 5.41) is 7.94. The van der Waals surface area contributed by atoms with Gasteiger partial charge >= 0.3 is 0 Å². The molecular weight excluding hydrogens is 162 g/mol. The first-order valence-corrected chi connectivity index (χ1v) is 4.55. The molecule has 0 N–H and O–H groups in total. The van der Waals surface area contributed by atoms with Crippen molar-refractivity contribution < 1.29 is 0 Å². The highest BCUT2D eigenvalue weighted by molar-refractivity contribution is 5.37. The van der Waals surface area contributed by atoms with Crippen LogP contribution in [0.2, 0.25) is 0 Å². The van der Waals surface area contributed by atoms with Gasteiger partial charge in [-0.25, -0.2) is 0 Å². The van der Waals surface area contributed by atoms with Gasteiger partial charge in [-0.3, -0.25) is 0 Å². The van der Waals surface area contributed by atoms with Crippen LogP contribution in [0.15, 0.2) is 30.5 Å². The summed E-state index contributed by atoms with van der Waals surface area (Å²) in [6.07, 6.45) is 3.86. The van der Waals surface area contributed by atoms with E-state index in [0.717, 1.165) is 31.7 Å². The average Bonchev–Trinajstić information content (AvgIpc) is 2.20. The second-order valence-electron chi connectivity index (χ2n) is 3.32. The Kier molecular flexibility index (Phi) is 2.25. The molecule has 1 saturated heterocycles. The smallest absolute Gasteiger partial charge is 0.151 e. The molecule has 1 fully saturated rings. The van der Waals surface area contributed by atoms with Crippen LogP contribution in [-0.4, -0.2) is 23.3 Å². The van der Waals surface area contributed by atoms with Gasteiger partial charge in [0.15, 0.2) is 5.82 Å². The van der Waals surface area contributed by atoms with Crippen molar-refractivity contribution in [1.29, 1.82) is 0 Å². The van der Waals surface area contributed by atoms with Crippen molar-refractivity contribution in [3.05, 3.63) is 30.5 Å². The van der Waals surface area contributed by atoms with Gasteiger partial charge in [0, 0.05) is 19.3 Å². The Morgan fingerprint density at radius 3 is 2.69 bits per heavy atom. The number of piperidine rings is 1. The third kappa shape index (κ3) is 1.86. The van der Waals surface area contributed by atoms with Crippen molar-refractivity contribution in [2.45, 2.75) is 12.8 Å². The van der Waals surface area contributed by atoms with Gasteiger partial charge in [0.1, 0.15) is 0 Å². The van der Waals surface area contributed by atoms with E-state index in [1.54, 1.807) is 6.20 Å². The summed E-state index contributed by atoms with van der Waals surface area (Å²) >= 11 is 0. The Morgan fingerprint density at radius 1 is 1.31 bits per heavy atom. The molecule has 0 unspecified atom stereocenters. The Labute approximate surface area is 78.1 Å². The topological polar surface area (TPSA) is 29.0 Å². The first-order chi connectivity index (χ1) is 6.36. The van der Waals surface area contributed by atoms with E-state index in [1.807, 2.05) is 12.1 Å². The number of aromatic nitrogens is 2. The lowest BCUT2D eigenvalue weighted by Crippen LogP contribution is -2.31. The van der Waals surface area contributed by atoms with Crippen LogP contribution in [-0.2, 0) is 0 Å². The van der Waals surface area contributed by atoms with Gasteiger partial charge in [-0.2, -0.15) is 5.10 Å². The van der Waals surface area contributed by atoms with E-state index < -0.39 is 0 Å². The first-order valence-electron chi connectivity index (χ1n) is 4.55. The fourth-order valence-electron chi connectivity index (χ4n) is 1.51. The van der Waals surface area contributed by atoms with Gasteiger partial charge in [-0.15, -0.1) is 5.10 Å². The normalized spacial score (nSPS) is 17.5. The van der Waals surface area contributed by atoms with Crippen LogP contribution in [0.1, 0.15) is 12.8 Å². The van der Waals surface area contributed by atoms with Gasteiger partial charge in [0.05, 0.1) is 0 Å². The molecule has 68 valence electrons. The molecule has 3 nitrogen and oxygen atoms in total. The monoisotopic (exact) mass is 175 g/mol. The minimum atomic E-state index is 0.981. The third-order valence-corrected chi connectivity index (χ3v) is 2.35. The molecule has 1 aliphatic heterocycles. The summed E-state index contributed by atoms with van der Waals surface area (Å²) in [6, 6.07) is 3.92. The fraction of sp³-hybridized carbons (Fsp3) is 0.400. The quantitative estimate of drug-likeness (QED) is 0.607. The highest BCUT2D eigenvalue weighted by atomic mass is 15.3. The van der Waals surface area contributed by atoms with Crippen LogP contribution in [0.3, 0.4) is 0 Å². The van der Waals surface area contributed by atoms with Crippen LogP contribution in [0.5, 0.6) is 0 Å². The van der Waals surface area contributed by atoms with Crippen molar-refractivity contribution in [2.75, 3.05) is 18.0 Å². The van der Waals surface area contributed by atoms with Crippen molar-refractivity contribution in [2.24, 2.45) is 0 Å². The van der Waals surface area contributed by atoms with Crippen molar-refractivity contribution >= 4 is 5.82 Å². The Balaban J connectivity index is 2.07. The predicted octanol–water partition coefficient (Wildman–Crippen LogP) is 1.63. The molecule has 1 aromatic rings. The lowest BCUT2D eigenvalue weighted by Gasteiger charge is -2.28. The molecule has 1 aliphatic rings. The van der Waals surface area contributed by atoms with Crippen LogP contribution < -0.4 is 4.90 Å². The molecule has 0 spiro atoms. The van der Waals surface area contributed by atoms with E-state index in [4.69, 9.17) is 0 Å². The van der Waals surface area contributed by atoms with E-state index in [-0.39, 0.29) is 0 Å². The van der Waals surface area contributed by atoms with Gasteiger partial charge < -0.3 is 4.90 Å². The van der Waals surface area contributed by atoms with Crippen molar-refractivity contribution in [1.82, 2.24) is 10.2 Å². The molecule has 0 atom stereocenters. The second-order valence-corrected chi connectivity index (χ2v) is 3.32. The Bertz CT molecular complexity index is 284. The van der Waals surface area contributed by atoms with E-state index in [1.165, 1.54) is 5.57 Å². The zero-order valence-corrected chi connectivity index (χ0v) is 7.61. The maximum Gasteiger partial charge on any atom is 0.151 e. The highest BCUT2D eigenvalue weighted by Gasteiger charge is 2.13. The van der Waals surface area contributed by atoms with Crippen LogP contribution in [0.4, 0.5) is 5.82 Å². The molecule has 0 amide bonds. The molecule has 0 radical (unpaired) electrons. The number of nitrogens with zero attached hydrogens (tertiary/aromatic N) is 3. The van der Waals surface area contributed by atoms with E-state index in [9.17, 15) is 0 Å². The van der Waals surface area contributed by atoms with E-state index in [0.29, 0.717) is 0 Å². The summed E-state index contributed by atoms with van der Waals surface area (Å²) in [4.78, 5) is 2.25. The molecule has 3 heteroatoms. The summed E-state index contributed by atoms with van der Waals surface area (Å²) < 4.78 is 0. The largest absolute Gasteiger partial charge is 0.354 e. The van der Waals surface area contributed by atoms with E-state index >= 15 is 0 Å². The van der Waals surface area contributed by atoms with Crippen molar-refractivity contribution in [3.63, 3.8) is 0 Å². The van der Waals surface area contributed by atoms with Crippen molar-refractivity contribution in [3.8, 4) is 0 Å². The molecule has 0 bridgehead atoms. The number of anilines is 1. The first kappa shape index (κ1) is 8.23.